The van der Waals surface area contributed by atoms with Crippen LogP contribution in [0.5, 0.6) is 0 Å². The molecule has 1 saturated heterocycles. The number of hydrogen-bond donors (Lipinski definition) is 1. The van der Waals surface area contributed by atoms with Crippen LogP contribution in [-0.4, -0.2) is 19.6 Å². The molecule has 0 aliphatic carbocycles. The van der Waals surface area contributed by atoms with Gasteiger partial charge in [0.15, 0.2) is 0 Å². The van der Waals surface area contributed by atoms with Gasteiger partial charge < -0.3 is 21.9 Å². The Hall–Kier alpha value is 0. The standard InChI is InChI=1S/C7H11N.BrH/c1-2-5-8-6-3-4-7-8;/h1H,3-7H2;1H. The van der Waals surface area contributed by atoms with Gasteiger partial charge in [-0.2, -0.15) is 0 Å². The molecule has 0 spiro atoms. The van der Waals surface area contributed by atoms with Crippen LogP contribution in [0.4, 0.5) is 0 Å². The molecular formula is C7H12BrN. The quantitative estimate of drug-likeness (QED) is 0.406. The highest BCUT2D eigenvalue weighted by atomic mass is 79.9. The highest BCUT2D eigenvalue weighted by molar-refractivity contribution is 4.82. The molecule has 0 aromatic rings. The summed E-state index contributed by atoms with van der Waals surface area (Å²) in [6.45, 7) is 3.52. The summed E-state index contributed by atoms with van der Waals surface area (Å²) in [7, 11) is 0. The third kappa shape index (κ3) is 2.88. The maximum atomic E-state index is 5.14. The zero-order valence-corrected chi connectivity index (χ0v) is 7.08. The minimum atomic E-state index is 0. The first-order valence-electron chi connectivity index (χ1n) is 3.20. The van der Waals surface area contributed by atoms with Crippen molar-refractivity contribution in [3.05, 3.63) is 0 Å². The van der Waals surface area contributed by atoms with Crippen molar-refractivity contribution >= 4 is 0 Å². The van der Waals surface area contributed by atoms with Crippen LogP contribution in [0.1, 0.15) is 12.8 Å². The van der Waals surface area contributed by atoms with Crippen LogP contribution < -0.4 is 21.9 Å². The Kier molecular flexibility index (Phi) is 4.84. The molecule has 0 saturated carbocycles. The lowest BCUT2D eigenvalue weighted by molar-refractivity contribution is -0.879. The Balaban J connectivity index is 0.000000640. The summed E-state index contributed by atoms with van der Waals surface area (Å²) in [4.78, 5) is 1.59. The van der Waals surface area contributed by atoms with Crippen LogP contribution in [0.3, 0.4) is 0 Å². The molecule has 0 amide bonds. The number of hydrogen-bond acceptors (Lipinski definition) is 0. The van der Waals surface area contributed by atoms with Gasteiger partial charge in [-0.3, -0.25) is 0 Å². The van der Waals surface area contributed by atoms with E-state index in [0.717, 1.165) is 6.54 Å². The number of terminal acetylenes is 1. The molecule has 0 unspecified atom stereocenters. The van der Waals surface area contributed by atoms with Gasteiger partial charge in [0.05, 0.1) is 13.1 Å². The second-order valence-electron chi connectivity index (χ2n) is 2.34. The van der Waals surface area contributed by atoms with Gasteiger partial charge in [-0.05, 0) is 5.92 Å². The van der Waals surface area contributed by atoms with Crippen molar-refractivity contribution in [2.24, 2.45) is 0 Å². The van der Waals surface area contributed by atoms with E-state index < -0.39 is 0 Å². The molecule has 0 aromatic heterocycles. The Labute approximate surface area is 67.2 Å². The fourth-order valence-corrected chi connectivity index (χ4v) is 1.20. The van der Waals surface area contributed by atoms with Crippen LogP contribution in [0.15, 0.2) is 0 Å². The SMILES string of the molecule is C#CC[NH+]1CCCC1.[Br-]. The third-order valence-corrected chi connectivity index (χ3v) is 1.66. The first-order valence-corrected chi connectivity index (χ1v) is 3.20. The second kappa shape index (κ2) is 4.84. The van der Waals surface area contributed by atoms with Gasteiger partial charge in [0.25, 0.3) is 0 Å². The maximum Gasteiger partial charge on any atom is 0.139 e. The Bertz CT molecular complexity index is 100.0. The average Bonchev–Trinajstić information content (AvgIpc) is 2.19. The molecule has 1 aliphatic heterocycles. The van der Waals surface area contributed by atoms with Gasteiger partial charge in [-0.15, -0.1) is 6.42 Å². The lowest BCUT2D eigenvalue weighted by Crippen LogP contribution is -3.09. The van der Waals surface area contributed by atoms with Crippen LogP contribution in [0.2, 0.25) is 0 Å². The Morgan fingerprint density at radius 1 is 1.33 bits per heavy atom. The van der Waals surface area contributed by atoms with Crippen LogP contribution in [0, 0.1) is 12.3 Å². The van der Waals surface area contributed by atoms with E-state index in [2.05, 4.69) is 5.92 Å². The Morgan fingerprint density at radius 2 is 1.89 bits per heavy atom. The number of halogens is 1. The number of rotatable bonds is 1. The highest BCUT2D eigenvalue weighted by Crippen LogP contribution is 1.85. The van der Waals surface area contributed by atoms with Crippen molar-refractivity contribution in [3.8, 4) is 12.3 Å². The van der Waals surface area contributed by atoms with Gasteiger partial charge in [-0.1, -0.05) is 0 Å². The molecule has 1 nitrogen and oxygen atoms in total. The first-order chi connectivity index (χ1) is 3.93. The van der Waals surface area contributed by atoms with E-state index in [1.165, 1.54) is 25.9 Å². The normalized spacial score (nSPS) is 18.6. The van der Waals surface area contributed by atoms with Gasteiger partial charge >= 0.3 is 0 Å². The second-order valence-corrected chi connectivity index (χ2v) is 2.34. The van der Waals surface area contributed by atoms with E-state index in [1.54, 1.807) is 4.90 Å². The molecule has 0 bridgehead atoms. The highest BCUT2D eigenvalue weighted by Gasteiger charge is 2.12. The van der Waals surface area contributed by atoms with E-state index >= 15 is 0 Å². The zero-order valence-electron chi connectivity index (χ0n) is 5.49. The van der Waals surface area contributed by atoms with E-state index in [4.69, 9.17) is 6.42 Å². The predicted octanol–water partition coefficient (Wildman–Crippen LogP) is -3.70. The minimum absolute atomic E-state index is 0. The third-order valence-electron chi connectivity index (χ3n) is 1.66. The molecule has 1 fully saturated rings. The van der Waals surface area contributed by atoms with Crippen molar-refractivity contribution in [1.29, 1.82) is 0 Å². The lowest BCUT2D eigenvalue weighted by atomic mass is 10.4. The molecule has 1 rings (SSSR count). The van der Waals surface area contributed by atoms with Crippen molar-refractivity contribution in [1.82, 2.24) is 0 Å². The summed E-state index contributed by atoms with van der Waals surface area (Å²) < 4.78 is 0. The summed E-state index contributed by atoms with van der Waals surface area (Å²) in [6, 6.07) is 0. The van der Waals surface area contributed by atoms with E-state index in [9.17, 15) is 0 Å². The van der Waals surface area contributed by atoms with E-state index in [-0.39, 0.29) is 17.0 Å². The van der Waals surface area contributed by atoms with E-state index in [1.807, 2.05) is 0 Å². The summed E-state index contributed by atoms with van der Waals surface area (Å²) in [5.74, 6) is 2.67. The number of likely N-dealkylation sites (tertiary alicyclic amines) is 1. The first kappa shape index (κ1) is 9.00. The molecular weight excluding hydrogens is 178 g/mol. The van der Waals surface area contributed by atoms with Crippen LogP contribution in [-0.2, 0) is 0 Å². The van der Waals surface area contributed by atoms with Crippen molar-refractivity contribution in [3.63, 3.8) is 0 Å². The monoisotopic (exact) mass is 189 g/mol. The van der Waals surface area contributed by atoms with E-state index in [0.29, 0.717) is 0 Å². The summed E-state index contributed by atoms with van der Waals surface area (Å²) in [5, 5.41) is 0. The molecule has 1 N–H and O–H groups in total. The number of quaternary nitrogens is 1. The van der Waals surface area contributed by atoms with Gasteiger partial charge in [0, 0.05) is 12.8 Å². The lowest BCUT2D eigenvalue weighted by Gasteiger charge is -2.05. The molecule has 1 aliphatic rings. The van der Waals surface area contributed by atoms with Gasteiger partial charge in [0.1, 0.15) is 6.54 Å². The fraction of sp³-hybridized carbons (Fsp3) is 0.714. The predicted molar refractivity (Wildman–Crippen MR) is 33.6 cm³/mol. The molecule has 0 aromatic carbocycles. The number of nitrogens with one attached hydrogen (secondary N) is 1. The van der Waals surface area contributed by atoms with Crippen molar-refractivity contribution < 1.29 is 21.9 Å². The van der Waals surface area contributed by atoms with Gasteiger partial charge in [0.2, 0.25) is 0 Å². The largest absolute Gasteiger partial charge is 1.00 e. The minimum Gasteiger partial charge on any atom is -1.00 e. The zero-order chi connectivity index (χ0) is 5.82. The molecule has 2 heteroatoms. The average molecular weight is 190 g/mol. The molecule has 9 heavy (non-hydrogen) atoms. The summed E-state index contributed by atoms with van der Waals surface area (Å²) in [5.41, 5.74) is 0. The molecule has 0 radical (unpaired) electrons. The smallest absolute Gasteiger partial charge is 0.139 e. The Morgan fingerprint density at radius 3 is 2.33 bits per heavy atom. The van der Waals surface area contributed by atoms with Crippen LogP contribution in [0.25, 0.3) is 0 Å². The molecule has 0 atom stereocenters. The fourth-order valence-electron chi connectivity index (χ4n) is 1.20. The van der Waals surface area contributed by atoms with Crippen molar-refractivity contribution in [2.75, 3.05) is 19.6 Å². The summed E-state index contributed by atoms with van der Waals surface area (Å²) >= 11 is 0. The van der Waals surface area contributed by atoms with Crippen molar-refractivity contribution in [2.45, 2.75) is 12.8 Å². The molecule has 1 heterocycles. The summed E-state index contributed by atoms with van der Waals surface area (Å²) in [6.07, 6.45) is 7.88. The maximum absolute atomic E-state index is 5.14. The van der Waals surface area contributed by atoms with Crippen LogP contribution >= 0.6 is 0 Å². The van der Waals surface area contributed by atoms with Gasteiger partial charge in [-0.25, -0.2) is 0 Å². The topological polar surface area (TPSA) is 4.44 Å². The molecule has 52 valence electrons.